The van der Waals surface area contributed by atoms with Gasteiger partial charge >= 0.3 is 6.09 Å². The summed E-state index contributed by atoms with van der Waals surface area (Å²) in [4.78, 5) is 21.2. The van der Waals surface area contributed by atoms with E-state index in [1.807, 2.05) is 0 Å². The Morgan fingerprint density at radius 3 is 2.25 bits per heavy atom. The Bertz CT molecular complexity index is 1530. The Labute approximate surface area is 235 Å². The SMILES string of the molecule is Cc1ncc(-c2ccc(S(=O)(=O)C(C)C)cc2)nc1C(=N)OC(=N)c1cccc(C(C)NC(=O)OC(C)(C)C)c1. The average molecular weight is 566 g/mol. The molecule has 1 amide bonds. The van der Waals surface area contributed by atoms with Gasteiger partial charge in [0.1, 0.15) is 11.3 Å². The molecule has 1 heterocycles. The van der Waals surface area contributed by atoms with Crippen LogP contribution in [-0.4, -0.2) is 47.1 Å². The maximum absolute atomic E-state index is 12.4. The number of nitrogens with zero attached hydrogens (tertiary/aromatic N) is 2. The molecule has 40 heavy (non-hydrogen) atoms. The number of hydrogen-bond donors (Lipinski definition) is 3. The molecule has 1 aromatic heterocycles. The van der Waals surface area contributed by atoms with E-state index in [0.717, 1.165) is 5.56 Å². The maximum Gasteiger partial charge on any atom is 0.408 e. The van der Waals surface area contributed by atoms with Crippen molar-refractivity contribution >= 4 is 27.7 Å². The highest BCUT2D eigenvalue weighted by Gasteiger charge is 2.21. The summed E-state index contributed by atoms with van der Waals surface area (Å²) in [5.74, 6) is -0.632. The van der Waals surface area contributed by atoms with Crippen LogP contribution in [0.3, 0.4) is 0 Å². The van der Waals surface area contributed by atoms with E-state index >= 15 is 0 Å². The number of alkyl carbamates (subject to hydrolysis) is 1. The fraction of sp³-hybridized carbons (Fsp3) is 0.345. The lowest BCUT2D eigenvalue weighted by Crippen LogP contribution is -2.34. The van der Waals surface area contributed by atoms with Gasteiger partial charge < -0.3 is 14.8 Å². The number of ether oxygens (including phenoxy) is 2. The first-order valence-electron chi connectivity index (χ1n) is 12.7. The van der Waals surface area contributed by atoms with Crippen molar-refractivity contribution < 1.29 is 22.7 Å². The maximum atomic E-state index is 12.4. The van der Waals surface area contributed by atoms with Gasteiger partial charge in [-0.1, -0.05) is 24.3 Å². The van der Waals surface area contributed by atoms with Crippen molar-refractivity contribution in [1.29, 1.82) is 10.8 Å². The smallest absolute Gasteiger partial charge is 0.408 e. The van der Waals surface area contributed by atoms with Crippen LogP contribution >= 0.6 is 0 Å². The molecular weight excluding hydrogens is 530 g/mol. The van der Waals surface area contributed by atoms with E-state index < -0.39 is 32.8 Å². The molecule has 1 unspecified atom stereocenters. The van der Waals surface area contributed by atoms with Gasteiger partial charge in [0.15, 0.2) is 9.84 Å². The first-order chi connectivity index (χ1) is 18.6. The van der Waals surface area contributed by atoms with Gasteiger partial charge in [0.25, 0.3) is 0 Å². The molecule has 0 fully saturated rings. The van der Waals surface area contributed by atoms with E-state index in [4.69, 9.17) is 20.3 Å². The summed E-state index contributed by atoms with van der Waals surface area (Å²) in [5, 5.41) is 19.1. The molecule has 0 aliphatic heterocycles. The molecule has 2 aromatic carbocycles. The van der Waals surface area contributed by atoms with Crippen LogP contribution in [0.4, 0.5) is 4.79 Å². The predicted molar refractivity (Wildman–Crippen MR) is 153 cm³/mol. The van der Waals surface area contributed by atoms with Crippen molar-refractivity contribution in [3.05, 3.63) is 77.2 Å². The molecular formula is C29H35N5O5S. The highest BCUT2D eigenvalue weighted by Crippen LogP contribution is 2.23. The summed E-state index contributed by atoms with van der Waals surface area (Å²) in [5.41, 5.74) is 2.14. The third-order valence-electron chi connectivity index (χ3n) is 5.86. The number of sulfone groups is 1. The fourth-order valence-electron chi connectivity index (χ4n) is 3.62. The van der Waals surface area contributed by atoms with Gasteiger partial charge in [-0.05, 0) is 78.3 Å². The molecule has 0 spiro atoms. The molecule has 0 aliphatic rings. The molecule has 0 saturated heterocycles. The number of carbonyl (C=O) groups excluding carboxylic acids is 1. The standard InChI is InChI=1S/C29H35N5O5S/c1-17(2)40(36,37)23-13-11-20(12-14-23)24-16-32-19(4)25(34-24)27(31)38-26(30)22-10-8-9-21(15-22)18(3)33-28(35)39-29(5,6)7/h8-18,30-31H,1-7H3,(H,33,35). The number of aryl methyl sites for hydroxylation is 1. The molecule has 0 bridgehead atoms. The zero-order valence-electron chi connectivity index (χ0n) is 23.7. The largest absolute Gasteiger partial charge is 0.444 e. The normalized spacial score (nSPS) is 12.5. The Balaban J connectivity index is 1.76. The Kier molecular flexibility index (Phi) is 9.09. The van der Waals surface area contributed by atoms with Crippen LogP contribution in [0, 0.1) is 17.7 Å². The minimum Gasteiger partial charge on any atom is -0.444 e. The van der Waals surface area contributed by atoms with E-state index in [1.165, 1.54) is 18.3 Å². The Morgan fingerprint density at radius 1 is 1.00 bits per heavy atom. The third kappa shape index (κ3) is 7.50. The first kappa shape index (κ1) is 30.4. The molecule has 10 nitrogen and oxygen atoms in total. The number of benzene rings is 2. The van der Waals surface area contributed by atoms with Crippen LogP contribution in [0.1, 0.15) is 70.1 Å². The molecule has 0 saturated carbocycles. The molecule has 0 aliphatic carbocycles. The number of hydrogen-bond acceptors (Lipinski definition) is 9. The van der Waals surface area contributed by atoms with Gasteiger partial charge in [0.05, 0.1) is 33.8 Å². The van der Waals surface area contributed by atoms with Crippen molar-refractivity contribution in [3.8, 4) is 11.3 Å². The Hall–Kier alpha value is -4.12. The highest BCUT2D eigenvalue weighted by atomic mass is 32.2. The van der Waals surface area contributed by atoms with Crippen LogP contribution < -0.4 is 5.32 Å². The summed E-state index contributed by atoms with van der Waals surface area (Å²) >= 11 is 0. The third-order valence-corrected chi connectivity index (χ3v) is 8.03. The first-order valence-corrected chi connectivity index (χ1v) is 14.3. The average Bonchev–Trinajstić information content (AvgIpc) is 2.87. The van der Waals surface area contributed by atoms with E-state index in [0.29, 0.717) is 22.5 Å². The van der Waals surface area contributed by atoms with Crippen molar-refractivity contribution in [3.63, 3.8) is 0 Å². The number of amides is 1. The van der Waals surface area contributed by atoms with Gasteiger partial charge in [-0.2, -0.15) is 0 Å². The van der Waals surface area contributed by atoms with Gasteiger partial charge in [-0.25, -0.2) is 18.2 Å². The summed E-state index contributed by atoms with van der Waals surface area (Å²) < 4.78 is 35.7. The van der Waals surface area contributed by atoms with Crippen LogP contribution in [0.5, 0.6) is 0 Å². The second-order valence-electron chi connectivity index (χ2n) is 10.6. The van der Waals surface area contributed by atoms with Crippen molar-refractivity contribution in [2.75, 3.05) is 0 Å². The minimum absolute atomic E-state index is 0.150. The van der Waals surface area contributed by atoms with Crippen LogP contribution in [0.15, 0.2) is 59.6 Å². The van der Waals surface area contributed by atoms with Crippen LogP contribution in [0.25, 0.3) is 11.3 Å². The zero-order chi connectivity index (χ0) is 29.8. The zero-order valence-corrected chi connectivity index (χ0v) is 24.5. The summed E-state index contributed by atoms with van der Waals surface area (Å²) in [6.07, 6.45) is 0.981. The van der Waals surface area contributed by atoms with Crippen molar-refractivity contribution in [2.45, 2.75) is 70.3 Å². The number of carbonyl (C=O) groups is 1. The van der Waals surface area contributed by atoms with Crippen LogP contribution in [-0.2, 0) is 19.3 Å². The van der Waals surface area contributed by atoms with E-state index in [1.54, 1.807) is 84.9 Å². The lowest BCUT2D eigenvalue weighted by Gasteiger charge is -2.22. The fourth-order valence-corrected chi connectivity index (χ4v) is 4.68. The molecule has 3 rings (SSSR count). The second kappa shape index (κ2) is 12.0. The topological polar surface area (TPSA) is 155 Å². The molecule has 0 radical (unpaired) electrons. The van der Waals surface area contributed by atoms with E-state index in [9.17, 15) is 13.2 Å². The van der Waals surface area contributed by atoms with Gasteiger partial charge in [0.2, 0.25) is 11.8 Å². The van der Waals surface area contributed by atoms with Gasteiger partial charge in [0, 0.05) is 11.1 Å². The summed E-state index contributed by atoms with van der Waals surface area (Å²) in [6.45, 7) is 12.1. The van der Waals surface area contributed by atoms with E-state index in [-0.39, 0.29) is 22.4 Å². The summed E-state index contributed by atoms with van der Waals surface area (Å²) in [7, 11) is -3.41. The van der Waals surface area contributed by atoms with Gasteiger partial charge in [-0.15, -0.1) is 0 Å². The molecule has 3 N–H and O–H groups in total. The predicted octanol–water partition coefficient (Wildman–Crippen LogP) is 5.59. The Morgan fingerprint density at radius 2 is 1.65 bits per heavy atom. The molecule has 11 heteroatoms. The lowest BCUT2D eigenvalue weighted by molar-refractivity contribution is 0.0508. The van der Waals surface area contributed by atoms with Crippen molar-refractivity contribution in [2.24, 2.45) is 0 Å². The minimum atomic E-state index is -3.41. The van der Waals surface area contributed by atoms with Crippen LogP contribution in [0.2, 0.25) is 0 Å². The molecule has 3 aromatic rings. The number of aromatic nitrogens is 2. The second-order valence-corrected chi connectivity index (χ2v) is 13.1. The lowest BCUT2D eigenvalue weighted by atomic mass is 10.1. The molecule has 1 atom stereocenters. The van der Waals surface area contributed by atoms with Crippen molar-refractivity contribution in [1.82, 2.24) is 15.3 Å². The quantitative estimate of drug-likeness (QED) is 0.249. The number of nitrogens with one attached hydrogen (secondary N) is 3. The number of rotatable bonds is 7. The molecule has 212 valence electrons. The van der Waals surface area contributed by atoms with Gasteiger partial charge in [-0.3, -0.25) is 15.8 Å². The highest BCUT2D eigenvalue weighted by molar-refractivity contribution is 7.92. The van der Waals surface area contributed by atoms with E-state index in [2.05, 4.69) is 15.3 Å². The monoisotopic (exact) mass is 565 g/mol. The summed E-state index contributed by atoms with van der Waals surface area (Å²) in [6, 6.07) is 12.8.